The van der Waals surface area contributed by atoms with Gasteiger partial charge < -0.3 is 26.2 Å². The van der Waals surface area contributed by atoms with Gasteiger partial charge in [0.2, 0.25) is 11.8 Å². The molecule has 2 atom stereocenters. The number of amides is 3. The summed E-state index contributed by atoms with van der Waals surface area (Å²) in [5, 5.41) is 14.9. The van der Waals surface area contributed by atoms with E-state index in [1.165, 1.54) is 0 Å². The van der Waals surface area contributed by atoms with Crippen molar-refractivity contribution in [1.82, 2.24) is 10.6 Å². The second-order valence-corrected chi connectivity index (χ2v) is 6.87. The molecule has 0 spiro atoms. The van der Waals surface area contributed by atoms with Crippen molar-refractivity contribution < 1.29 is 24.2 Å². The van der Waals surface area contributed by atoms with Crippen LogP contribution in [-0.4, -0.2) is 41.7 Å². The largest absolute Gasteiger partial charge is 0.445 e. The average molecular weight is 425 g/mol. The molecule has 0 aliphatic carbocycles. The Balaban J connectivity index is 1.70. The highest BCUT2D eigenvalue weighted by Gasteiger charge is 2.19. The molecule has 0 aliphatic heterocycles. The van der Waals surface area contributed by atoms with E-state index < -0.39 is 30.1 Å². The SMILES string of the molecule is NC(=O)[C@H](C/C=C/c1ccccc1)NC(=O)C[C@@H](O)CNC(=O)OCc1ccccc1. The van der Waals surface area contributed by atoms with Gasteiger partial charge >= 0.3 is 6.09 Å². The molecule has 0 heterocycles. The highest BCUT2D eigenvalue weighted by atomic mass is 16.5. The molecule has 3 amide bonds. The monoisotopic (exact) mass is 425 g/mol. The van der Waals surface area contributed by atoms with Crippen molar-refractivity contribution in [3.63, 3.8) is 0 Å². The normalized spacial score (nSPS) is 12.7. The molecule has 0 radical (unpaired) electrons. The summed E-state index contributed by atoms with van der Waals surface area (Å²) in [5.41, 5.74) is 7.14. The Hall–Kier alpha value is -3.65. The van der Waals surface area contributed by atoms with Gasteiger partial charge in [0.25, 0.3) is 0 Å². The Kier molecular flexibility index (Phi) is 9.77. The molecule has 0 bridgehead atoms. The molecule has 31 heavy (non-hydrogen) atoms. The highest BCUT2D eigenvalue weighted by Crippen LogP contribution is 2.04. The molecular formula is C23H27N3O5. The van der Waals surface area contributed by atoms with Gasteiger partial charge in [-0.15, -0.1) is 0 Å². The first-order chi connectivity index (χ1) is 14.9. The van der Waals surface area contributed by atoms with Crippen LogP contribution in [0.25, 0.3) is 6.08 Å². The number of hydrogen-bond donors (Lipinski definition) is 4. The Bertz CT molecular complexity index is 871. The molecule has 0 aromatic heterocycles. The maximum atomic E-state index is 12.1. The number of aliphatic hydroxyl groups excluding tert-OH is 1. The van der Waals surface area contributed by atoms with Crippen molar-refractivity contribution in [2.24, 2.45) is 5.73 Å². The minimum Gasteiger partial charge on any atom is -0.445 e. The van der Waals surface area contributed by atoms with E-state index in [2.05, 4.69) is 10.6 Å². The first kappa shape index (κ1) is 23.6. The quantitative estimate of drug-likeness (QED) is 0.436. The first-order valence-corrected chi connectivity index (χ1v) is 9.87. The fourth-order valence-corrected chi connectivity index (χ4v) is 2.67. The number of benzene rings is 2. The number of ether oxygens (including phenoxy) is 1. The lowest BCUT2D eigenvalue weighted by molar-refractivity contribution is -0.128. The summed E-state index contributed by atoms with van der Waals surface area (Å²) in [6.45, 7) is -0.0732. The molecule has 8 heteroatoms. The second kappa shape index (κ2) is 12.8. The van der Waals surface area contributed by atoms with Gasteiger partial charge in [0.05, 0.1) is 12.5 Å². The van der Waals surface area contributed by atoms with E-state index in [1.807, 2.05) is 66.7 Å². The maximum Gasteiger partial charge on any atom is 0.407 e. The first-order valence-electron chi connectivity index (χ1n) is 9.87. The predicted octanol–water partition coefficient (Wildman–Crippen LogP) is 1.74. The molecule has 8 nitrogen and oxygen atoms in total. The lowest BCUT2D eigenvalue weighted by atomic mass is 10.1. The van der Waals surface area contributed by atoms with Crippen molar-refractivity contribution in [3.05, 3.63) is 77.9 Å². The number of aliphatic hydroxyl groups is 1. The molecule has 2 aromatic carbocycles. The van der Waals surface area contributed by atoms with Crippen molar-refractivity contribution in [3.8, 4) is 0 Å². The van der Waals surface area contributed by atoms with Crippen LogP contribution >= 0.6 is 0 Å². The van der Waals surface area contributed by atoms with Crippen LogP contribution in [0, 0.1) is 0 Å². The van der Waals surface area contributed by atoms with Crippen LogP contribution in [0.2, 0.25) is 0 Å². The van der Waals surface area contributed by atoms with Gasteiger partial charge in [0.1, 0.15) is 12.6 Å². The summed E-state index contributed by atoms with van der Waals surface area (Å²) in [7, 11) is 0. The zero-order valence-corrected chi connectivity index (χ0v) is 17.1. The smallest absolute Gasteiger partial charge is 0.407 e. The summed E-state index contributed by atoms with van der Waals surface area (Å²) in [4.78, 5) is 35.4. The van der Waals surface area contributed by atoms with Gasteiger partial charge in [-0.2, -0.15) is 0 Å². The van der Waals surface area contributed by atoms with Gasteiger partial charge in [-0.1, -0.05) is 72.8 Å². The lowest BCUT2D eigenvalue weighted by Gasteiger charge is -2.16. The van der Waals surface area contributed by atoms with Crippen LogP contribution in [0.15, 0.2) is 66.7 Å². The summed E-state index contributed by atoms with van der Waals surface area (Å²) < 4.78 is 5.03. The van der Waals surface area contributed by atoms with Gasteiger partial charge in [-0.05, 0) is 17.5 Å². The Labute approximate surface area is 181 Å². The zero-order valence-electron chi connectivity index (χ0n) is 17.1. The van der Waals surface area contributed by atoms with Crippen molar-refractivity contribution in [2.75, 3.05) is 6.54 Å². The number of nitrogens with one attached hydrogen (secondary N) is 2. The van der Waals surface area contributed by atoms with Gasteiger partial charge in [0.15, 0.2) is 0 Å². The maximum absolute atomic E-state index is 12.1. The molecule has 0 saturated heterocycles. The number of carbonyl (C=O) groups excluding carboxylic acids is 3. The van der Waals surface area contributed by atoms with E-state index in [-0.39, 0.29) is 26.0 Å². The molecule has 2 aromatic rings. The third-order valence-electron chi connectivity index (χ3n) is 4.28. The van der Waals surface area contributed by atoms with E-state index in [4.69, 9.17) is 10.5 Å². The van der Waals surface area contributed by atoms with Crippen LogP contribution in [0.4, 0.5) is 4.79 Å². The minimum absolute atomic E-state index is 0.0973. The standard InChI is InChI=1S/C23H27N3O5/c24-22(29)20(13-7-12-17-8-3-1-4-9-17)26-21(28)14-19(27)15-25-23(30)31-16-18-10-5-2-6-11-18/h1-12,19-20,27H,13-16H2,(H2,24,29)(H,25,30)(H,26,28)/b12-7+/t19-,20+/m1/s1. The number of carbonyl (C=O) groups is 3. The van der Waals surface area contributed by atoms with E-state index in [0.29, 0.717) is 0 Å². The molecule has 5 N–H and O–H groups in total. The zero-order chi connectivity index (χ0) is 22.5. The van der Waals surface area contributed by atoms with Crippen LogP contribution in [0.5, 0.6) is 0 Å². The number of rotatable bonds is 11. The van der Waals surface area contributed by atoms with Crippen molar-refractivity contribution >= 4 is 24.0 Å². The molecule has 0 fully saturated rings. The van der Waals surface area contributed by atoms with Crippen LogP contribution < -0.4 is 16.4 Å². The fraction of sp³-hybridized carbons (Fsp3) is 0.261. The summed E-state index contributed by atoms with van der Waals surface area (Å²) in [6, 6.07) is 17.7. The summed E-state index contributed by atoms with van der Waals surface area (Å²) in [6.07, 6.45) is 1.64. The van der Waals surface area contributed by atoms with Gasteiger partial charge in [-0.25, -0.2) is 4.79 Å². The molecule has 0 saturated carbocycles. The van der Waals surface area contributed by atoms with Crippen LogP contribution in [0.3, 0.4) is 0 Å². The molecule has 0 aliphatic rings. The third kappa shape index (κ3) is 9.60. The van der Waals surface area contributed by atoms with E-state index in [9.17, 15) is 19.5 Å². The average Bonchev–Trinajstić information content (AvgIpc) is 2.77. The van der Waals surface area contributed by atoms with Crippen LogP contribution in [0.1, 0.15) is 24.0 Å². The fourth-order valence-electron chi connectivity index (χ4n) is 2.67. The molecule has 0 unspecified atom stereocenters. The topological polar surface area (TPSA) is 131 Å². The predicted molar refractivity (Wildman–Crippen MR) is 116 cm³/mol. The Morgan fingerprint density at radius 2 is 1.68 bits per heavy atom. The summed E-state index contributed by atoms with van der Waals surface area (Å²) >= 11 is 0. The van der Waals surface area contributed by atoms with Gasteiger partial charge in [-0.3, -0.25) is 9.59 Å². The lowest BCUT2D eigenvalue weighted by Crippen LogP contribution is -2.45. The third-order valence-corrected chi connectivity index (χ3v) is 4.28. The molecule has 2 rings (SSSR count). The van der Waals surface area contributed by atoms with Gasteiger partial charge in [0, 0.05) is 6.54 Å². The van der Waals surface area contributed by atoms with E-state index in [1.54, 1.807) is 6.08 Å². The number of primary amides is 1. The Morgan fingerprint density at radius 1 is 1.03 bits per heavy atom. The van der Waals surface area contributed by atoms with Crippen molar-refractivity contribution in [1.29, 1.82) is 0 Å². The highest BCUT2D eigenvalue weighted by molar-refractivity contribution is 5.87. The molecular weight excluding hydrogens is 398 g/mol. The van der Waals surface area contributed by atoms with Crippen LogP contribution in [-0.2, 0) is 20.9 Å². The van der Waals surface area contributed by atoms with E-state index in [0.717, 1.165) is 11.1 Å². The van der Waals surface area contributed by atoms with Crippen molar-refractivity contribution in [2.45, 2.75) is 31.6 Å². The Morgan fingerprint density at radius 3 is 2.32 bits per heavy atom. The molecule has 164 valence electrons. The number of alkyl carbamates (subject to hydrolysis) is 1. The minimum atomic E-state index is -1.14. The second-order valence-electron chi connectivity index (χ2n) is 6.87. The van der Waals surface area contributed by atoms with E-state index >= 15 is 0 Å². The summed E-state index contributed by atoms with van der Waals surface area (Å²) in [5.74, 6) is -1.23. The number of hydrogen-bond acceptors (Lipinski definition) is 5. The number of nitrogens with two attached hydrogens (primary N) is 1.